The van der Waals surface area contributed by atoms with E-state index in [4.69, 9.17) is 11.6 Å². The molecule has 0 saturated heterocycles. The maximum Gasteiger partial charge on any atom is 0.120 e. The molecule has 0 heterocycles. The van der Waals surface area contributed by atoms with Crippen LogP contribution in [0, 0.1) is 0 Å². The van der Waals surface area contributed by atoms with Gasteiger partial charge in [-0.2, -0.15) is 0 Å². The normalized spacial score (nSPS) is 12.2. The summed E-state index contributed by atoms with van der Waals surface area (Å²) in [5.74, 6) is 0.283. The summed E-state index contributed by atoms with van der Waals surface area (Å²) < 4.78 is 1.77. The fourth-order valence-corrected chi connectivity index (χ4v) is 2.94. The minimum absolute atomic E-state index is 0.00210. The molecule has 2 aromatic rings. The second kappa shape index (κ2) is 6.83. The van der Waals surface area contributed by atoms with Gasteiger partial charge in [-0.15, -0.1) is 0 Å². The van der Waals surface area contributed by atoms with Crippen LogP contribution in [0.5, 0.6) is 5.75 Å². The Labute approximate surface area is 140 Å². The highest BCUT2D eigenvalue weighted by Crippen LogP contribution is 2.36. The zero-order valence-corrected chi connectivity index (χ0v) is 14.8. The highest BCUT2D eigenvalue weighted by Gasteiger charge is 2.15. The van der Waals surface area contributed by atoms with Crippen LogP contribution >= 0.6 is 43.5 Å². The molecule has 0 amide bonds. The first-order valence-electron chi connectivity index (χ1n) is 6.22. The molecule has 106 valence electrons. The summed E-state index contributed by atoms with van der Waals surface area (Å²) in [6.45, 7) is 2.07. The Bertz CT molecular complexity index is 619. The van der Waals surface area contributed by atoms with E-state index in [2.05, 4.69) is 44.1 Å². The second-order valence-corrected chi connectivity index (χ2v) is 6.53. The van der Waals surface area contributed by atoms with Gasteiger partial charge in [-0.25, -0.2) is 0 Å². The van der Waals surface area contributed by atoms with Crippen LogP contribution in [0.1, 0.15) is 24.9 Å². The first kappa shape index (κ1) is 15.7. The molecular weight excluding hydrogens is 405 g/mol. The minimum Gasteiger partial charge on any atom is -0.508 e. The van der Waals surface area contributed by atoms with Crippen molar-refractivity contribution in [2.75, 3.05) is 5.32 Å². The molecule has 2 N–H and O–H groups in total. The lowest BCUT2D eigenvalue weighted by atomic mass is 10.0. The largest absolute Gasteiger partial charge is 0.508 e. The highest BCUT2D eigenvalue weighted by atomic mass is 79.9. The van der Waals surface area contributed by atoms with Crippen molar-refractivity contribution in [2.45, 2.75) is 19.4 Å². The first-order valence-corrected chi connectivity index (χ1v) is 8.18. The maximum atomic E-state index is 10.0. The van der Waals surface area contributed by atoms with Gasteiger partial charge in [0.2, 0.25) is 0 Å². The van der Waals surface area contributed by atoms with Crippen LogP contribution in [0.4, 0.5) is 5.69 Å². The van der Waals surface area contributed by atoms with Crippen molar-refractivity contribution in [3.63, 3.8) is 0 Å². The Balaban J connectivity index is 2.34. The molecule has 0 aliphatic rings. The van der Waals surface area contributed by atoms with E-state index in [1.54, 1.807) is 6.07 Å². The van der Waals surface area contributed by atoms with Crippen LogP contribution < -0.4 is 5.32 Å². The number of anilines is 1. The number of nitrogens with one attached hydrogen (secondary N) is 1. The maximum absolute atomic E-state index is 10.0. The molecular formula is C15H14Br2ClNO. The van der Waals surface area contributed by atoms with Crippen molar-refractivity contribution in [1.29, 1.82) is 0 Å². The lowest BCUT2D eigenvalue weighted by Crippen LogP contribution is -2.10. The lowest BCUT2D eigenvalue weighted by Gasteiger charge is -2.21. The average Bonchev–Trinajstić information content (AvgIpc) is 2.43. The number of hydrogen-bond donors (Lipinski definition) is 2. The van der Waals surface area contributed by atoms with Crippen LogP contribution in [-0.2, 0) is 0 Å². The molecule has 20 heavy (non-hydrogen) atoms. The standard InChI is InChI=1S/C15H14Br2ClNO/c1-2-12(10-8-9(16)6-7-14(10)20)19-13-5-3-4-11(18)15(13)17/h3-8,12,19-20H,2H2,1H3. The summed E-state index contributed by atoms with van der Waals surface area (Å²) in [7, 11) is 0. The van der Waals surface area contributed by atoms with Crippen molar-refractivity contribution in [3.8, 4) is 5.75 Å². The van der Waals surface area contributed by atoms with Crippen LogP contribution in [0.25, 0.3) is 0 Å². The van der Waals surface area contributed by atoms with Crippen molar-refractivity contribution in [2.24, 2.45) is 0 Å². The van der Waals surface area contributed by atoms with Crippen molar-refractivity contribution in [3.05, 3.63) is 55.9 Å². The molecule has 2 nitrogen and oxygen atoms in total. The van der Waals surface area contributed by atoms with Gasteiger partial charge in [0, 0.05) is 10.0 Å². The monoisotopic (exact) mass is 417 g/mol. The second-order valence-electron chi connectivity index (χ2n) is 4.41. The van der Waals surface area contributed by atoms with E-state index in [9.17, 15) is 5.11 Å². The summed E-state index contributed by atoms with van der Waals surface area (Å²) in [6.07, 6.45) is 0.836. The number of phenolic OH excluding ortho intramolecular Hbond substituents is 1. The Morgan fingerprint density at radius 2 is 2.00 bits per heavy atom. The quantitative estimate of drug-likeness (QED) is 0.624. The third-order valence-electron chi connectivity index (χ3n) is 3.05. The summed E-state index contributed by atoms with van der Waals surface area (Å²) in [5.41, 5.74) is 1.76. The average molecular weight is 420 g/mol. The minimum atomic E-state index is 0.00210. The van der Waals surface area contributed by atoms with E-state index >= 15 is 0 Å². The number of rotatable bonds is 4. The van der Waals surface area contributed by atoms with Gasteiger partial charge >= 0.3 is 0 Å². The zero-order chi connectivity index (χ0) is 14.7. The Morgan fingerprint density at radius 1 is 1.25 bits per heavy atom. The molecule has 0 saturated carbocycles. The van der Waals surface area contributed by atoms with Gasteiger partial charge in [0.1, 0.15) is 5.75 Å². The highest BCUT2D eigenvalue weighted by molar-refractivity contribution is 9.11. The van der Waals surface area contributed by atoms with Gasteiger partial charge in [0.25, 0.3) is 0 Å². The molecule has 0 aliphatic carbocycles. The third kappa shape index (κ3) is 3.48. The van der Waals surface area contributed by atoms with Crippen LogP contribution in [-0.4, -0.2) is 5.11 Å². The molecule has 1 atom stereocenters. The summed E-state index contributed by atoms with van der Waals surface area (Å²) in [6, 6.07) is 11.1. The Morgan fingerprint density at radius 3 is 2.70 bits per heavy atom. The zero-order valence-electron chi connectivity index (χ0n) is 10.8. The van der Waals surface area contributed by atoms with Crippen LogP contribution in [0.2, 0.25) is 5.02 Å². The van der Waals surface area contributed by atoms with Crippen molar-refractivity contribution in [1.82, 2.24) is 0 Å². The van der Waals surface area contributed by atoms with E-state index in [1.165, 1.54) is 0 Å². The first-order chi connectivity index (χ1) is 9.52. The summed E-state index contributed by atoms with van der Waals surface area (Å²) in [4.78, 5) is 0. The van der Waals surface area contributed by atoms with Gasteiger partial charge in [0.05, 0.1) is 21.2 Å². The van der Waals surface area contributed by atoms with E-state index in [1.807, 2.05) is 30.3 Å². The predicted octanol–water partition coefficient (Wildman–Crippen LogP) is 6.13. The van der Waals surface area contributed by atoms with Crippen molar-refractivity contribution < 1.29 is 5.11 Å². The van der Waals surface area contributed by atoms with Gasteiger partial charge in [-0.3, -0.25) is 0 Å². The number of benzene rings is 2. The Kier molecular flexibility index (Phi) is 5.35. The van der Waals surface area contributed by atoms with E-state index < -0.39 is 0 Å². The number of phenols is 1. The predicted molar refractivity (Wildman–Crippen MR) is 91.6 cm³/mol. The number of aromatic hydroxyl groups is 1. The van der Waals surface area contributed by atoms with Crippen LogP contribution in [0.3, 0.4) is 0 Å². The SMILES string of the molecule is CCC(Nc1cccc(Cl)c1Br)c1cc(Br)ccc1O. The van der Waals surface area contributed by atoms with Crippen LogP contribution in [0.15, 0.2) is 45.3 Å². The van der Waals surface area contributed by atoms with E-state index in [0.29, 0.717) is 5.02 Å². The summed E-state index contributed by atoms with van der Waals surface area (Å²) in [5, 5.41) is 14.1. The molecule has 0 aromatic heterocycles. The van der Waals surface area contributed by atoms with E-state index in [0.717, 1.165) is 26.6 Å². The van der Waals surface area contributed by atoms with Crippen molar-refractivity contribution >= 4 is 49.1 Å². The third-order valence-corrected chi connectivity index (χ3v) is 4.95. The van der Waals surface area contributed by atoms with Gasteiger partial charge in [-0.1, -0.05) is 40.5 Å². The molecule has 2 rings (SSSR count). The fraction of sp³-hybridized carbons (Fsp3) is 0.200. The molecule has 0 aliphatic heterocycles. The Hall–Kier alpha value is -0.710. The topological polar surface area (TPSA) is 32.3 Å². The molecule has 0 radical (unpaired) electrons. The summed E-state index contributed by atoms with van der Waals surface area (Å²) >= 11 is 13.0. The molecule has 0 bridgehead atoms. The lowest BCUT2D eigenvalue weighted by molar-refractivity contribution is 0.462. The van der Waals surface area contributed by atoms with Gasteiger partial charge < -0.3 is 10.4 Å². The number of halogens is 3. The van der Waals surface area contributed by atoms with Gasteiger partial charge in [0.15, 0.2) is 0 Å². The number of hydrogen-bond acceptors (Lipinski definition) is 2. The molecule has 5 heteroatoms. The fourth-order valence-electron chi connectivity index (χ4n) is 2.01. The molecule has 1 unspecified atom stereocenters. The van der Waals surface area contributed by atoms with Gasteiger partial charge in [-0.05, 0) is 52.7 Å². The molecule has 0 spiro atoms. The smallest absolute Gasteiger partial charge is 0.120 e. The molecule has 0 fully saturated rings. The van der Waals surface area contributed by atoms with E-state index in [-0.39, 0.29) is 11.8 Å². The molecule has 2 aromatic carbocycles.